The number of rotatable bonds is 7. The molecule has 0 bridgehead atoms. The maximum atomic E-state index is 6.06. The summed E-state index contributed by atoms with van der Waals surface area (Å²) in [4.78, 5) is 8.62. The summed E-state index contributed by atoms with van der Waals surface area (Å²) in [6.07, 6.45) is 1.16. The second kappa shape index (κ2) is 9.27. The summed E-state index contributed by atoms with van der Waals surface area (Å²) in [5, 5.41) is 6.54. The molecule has 1 aromatic carbocycles. The largest absolute Gasteiger partial charge is 0.490 e. The topological polar surface area (TPSA) is 71.7 Å². The van der Waals surface area contributed by atoms with Gasteiger partial charge in [-0.05, 0) is 45.7 Å². The fraction of sp³-hybridized carbons (Fsp3) is 0.500. The average molecular weight is 358 g/mol. The van der Waals surface area contributed by atoms with Crippen molar-refractivity contribution in [3.05, 3.63) is 46.7 Å². The van der Waals surface area contributed by atoms with Crippen molar-refractivity contribution in [1.82, 2.24) is 15.6 Å². The lowest BCUT2D eigenvalue weighted by atomic mass is 10.1. The molecule has 2 N–H and O–H groups in total. The zero-order chi connectivity index (χ0) is 19.1. The number of nitrogens with one attached hydrogen (secondary N) is 2. The van der Waals surface area contributed by atoms with Crippen molar-refractivity contribution in [3.8, 4) is 5.75 Å². The molecule has 0 amide bonds. The quantitative estimate of drug-likeness (QED) is 0.584. The van der Waals surface area contributed by atoms with E-state index in [1.807, 2.05) is 13.8 Å². The Hall–Kier alpha value is -2.50. The molecule has 6 heteroatoms. The molecule has 1 atom stereocenters. The number of aromatic nitrogens is 1. The minimum Gasteiger partial charge on any atom is -0.490 e. The predicted molar refractivity (Wildman–Crippen MR) is 105 cm³/mol. The highest BCUT2D eigenvalue weighted by Gasteiger charge is 2.10. The average Bonchev–Trinajstić information content (AvgIpc) is 2.94. The molecule has 1 aromatic heterocycles. The normalized spacial score (nSPS) is 12.8. The first-order valence-corrected chi connectivity index (χ1v) is 9.06. The maximum Gasteiger partial charge on any atom is 0.214 e. The molecule has 0 saturated carbocycles. The molecule has 0 saturated heterocycles. The molecule has 0 aliphatic heterocycles. The molecular weight excluding hydrogens is 328 g/mol. The number of nitrogens with zero attached hydrogens (tertiary/aromatic N) is 2. The van der Waals surface area contributed by atoms with Crippen LogP contribution in [0.1, 0.15) is 48.7 Å². The Bertz CT molecular complexity index is 733. The maximum absolute atomic E-state index is 6.06. The summed E-state index contributed by atoms with van der Waals surface area (Å²) in [7, 11) is 1.74. The van der Waals surface area contributed by atoms with Crippen molar-refractivity contribution in [2.45, 2.75) is 60.2 Å². The van der Waals surface area contributed by atoms with Gasteiger partial charge < -0.3 is 19.8 Å². The third-order valence-electron chi connectivity index (χ3n) is 4.28. The predicted octanol–water partition coefficient (Wildman–Crippen LogP) is 3.64. The van der Waals surface area contributed by atoms with E-state index >= 15 is 0 Å². The second-order valence-electron chi connectivity index (χ2n) is 6.48. The first kappa shape index (κ1) is 19.8. The smallest absolute Gasteiger partial charge is 0.214 e. The van der Waals surface area contributed by atoms with E-state index in [2.05, 4.69) is 59.6 Å². The molecule has 1 unspecified atom stereocenters. The van der Waals surface area contributed by atoms with Crippen molar-refractivity contribution in [2.24, 2.45) is 4.99 Å². The summed E-state index contributed by atoms with van der Waals surface area (Å²) in [5.74, 6) is 3.10. The Labute approximate surface area is 156 Å². The van der Waals surface area contributed by atoms with Gasteiger partial charge in [0.1, 0.15) is 11.5 Å². The van der Waals surface area contributed by atoms with E-state index in [4.69, 9.17) is 9.15 Å². The van der Waals surface area contributed by atoms with Gasteiger partial charge >= 0.3 is 0 Å². The Kier molecular flexibility index (Phi) is 7.06. The van der Waals surface area contributed by atoms with Gasteiger partial charge in [0, 0.05) is 19.2 Å². The molecular formula is C20H30N4O2. The number of oxazole rings is 1. The van der Waals surface area contributed by atoms with Crippen LogP contribution >= 0.6 is 0 Å². The number of hydrogen-bond acceptors (Lipinski definition) is 4. The highest BCUT2D eigenvalue weighted by Crippen LogP contribution is 2.22. The van der Waals surface area contributed by atoms with Crippen molar-refractivity contribution in [3.63, 3.8) is 0 Å². The highest BCUT2D eigenvalue weighted by molar-refractivity contribution is 5.79. The van der Waals surface area contributed by atoms with Crippen molar-refractivity contribution >= 4 is 5.96 Å². The minimum atomic E-state index is 0.185. The molecule has 0 radical (unpaired) electrons. The van der Waals surface area contributed by atoms with Gasteiger partial charge in [-0.1, -0.05) is 19.1 Å². The molecule has 26 heavy (non-hydrogen) atoms. The highest BCUT2D eigenvalue weighted by atomic mass is 16.5. The van der Waals surface area contributed by atoms with E-state index in [9.17, 15) is 0 Å². The molecule has 1 heterocycles. The van der Waals surface area contributed by atoms with Gasteiger partial charge in [0.2, 0.25) is 5.89 Å². The van der Waals surface area contributed by atoms with Crippen LogP contribution in [-0.4, -0.2) is 24.1 Å². The van der Waals surface area contributed by atoms with Crippen LogP contribution in [0.5, 0.6) is 5.75 Å². The molecule has 0 spiro atoms. The van der Waals surface area contributed by atoms with Crippen LogP contribution in [0.15, 0.2) is 27.6 Å². The lowest BCUT2D eigenvalue weighted by molar-refractivity contribution is 0.215. The summed E-state index contributed by atoms with van der Waals surface area (Å²) >= 11 is 0. The number of ether oxygens (including phenoxy) is 1. The number of benzene rings is 1. The van der Waals surface area contributed by atoms with Gasteiger partial charge in [0.25, 0.3) is 0 Å². The Morgan fingerprint density at radius 3 is 2.58 bits per heavy atom. The summed E-state index contributed by atoms with van der Waals surface area (Å²) in [5.41, 5.74) is 3.20. The van der Waals surface area contributed by atoms with E-state index in [0.717, 1.165) is 29.2 Å². The lowest BCUT2D eigenvalue weighted by Gasteiger charge is -2.18. The van der Waals surface area contributed by atoms with E-state index in [-0.39, 0.29) is 6.10 Å². The van der Waals surface area contributed by atoms with E-state index < -0.39 is 0 Å². The van der Waals surface area contributed by atoms with E-state index in [1.165, 1.54) is 5.56 Å². The Balaban J connectivity index is 1.97. The lowest BCUT2D eigenvalue weighted by Crippen LogP contribution is -2.36. The third kappa shape index (κ3) is 5.51. The van der Waals surface area contributed by atoms with Gasteiger partial charge in [-0.15, -0.1) is 0 Å². The first-order valence-electron chi connectivity index (χ1n) is 9.06. The standard InChI is InChI=1S/C20H30N4O2/c1-7-14(3)25-18-10-13(2)8-9-17(18)11-22-20(21-6)23-12-19-24-15(4)16(5)26-19/h8-10,14H,7,11-12H2,1-6H3,(H2,21,22,23). The van der Waals surface area contributed by atoms with Gasteiger partial charge in [-0.25, -0.2) is 4.98 Å². The fourth-order valence-corrected chi connectivity index (χ4v) is 2.39. The van der Waals surface area contributed by atoms with Gasteiger partial charge in [0.05, 0.1) is 18.3 Å². The van der Waals surface area contributed by atoms with Crippen molar-refractivity contribution < 1.29 is 9.15 Å². The summed E-state index contributed by atoms with van der Waals surface area (Å²) in [6, 6.07) is 6.26. The second-order valence-corrected chi connectivity index (χ2v) is 6.48. The van der Waals surface area contributed by atoms with Gasteiger partial charge in [0.15, 0.2) is 5.96 Å². The van der Waals surface area contributed by atoms with Crippen LogP contribution in [0, 0.1) is 20.8 Å². The monoisotopic (exact) mass is 358 g/mol. The molecule has 0 aliphatic rings. The van der Waals surface area contributed by atoms with Crippen LogP contribution in [0.2, 0.25) is 0 Å². The number of aliphatic imine (C=N–C) groups is 1. The summed E-state index contributed by atoms with van der Waals surface area (Å²) < 4.78 is 11.6. The Morgan fingerprint density at radius 2 is 1.96 bits per heavy atom. The summed E-state index contributed by atoms with van der Waals surface area (Å²) in [6.45, 7) is 11.2. The van der Waals surface area contributed by atoms with Crippen LogP contribution in [0.25, 0.3) is 0 Å². The molecule has 2 aromatic rings. The molecule has 0 aliphatic carbocycles. The van der Waals surface area contributed by atoms with Crippen LogP contribution in [0.3, 0.4) is 0 Å². The van der Waals surface area contributed by atoms with Crippen molar-refractivity contribution in [1.29, 1.82) is 0 Å². The third-order valence-corrected chi connectivity index (χ3v) is 4.28. The zero-order valence-electron chi connectivity index (χ0n) is 16.6. The molecule has 0 fully saturated rings. The van der Waals surface area contributed by atoms with Crippen molar-refractivity contribution in [2.75, 3.05) is 7.05 Å². The molecule has 2 rings (SSSR count). The van der Waals surface area contributed by atoms with Crippen LogP contribution in [0.4, 0.5) is 0 Å². The number of hydrogen-bond donors (Lipinski definition) is 2. The fourth-order valence-electron chi connectivity index (χ4n) is 2.39. The zero-order valence-corrected chi connectivity index (χ0v) is 16.6. The first-order chi connectivity index (χ1) is 12.4. The van der Waals surface area contributed by atoms with Gasteiger partial charge in [-0.2, -0.15) is 0 Å². The minimum absolute atomic E-state index is 0.185. The van der Waals surface area contributed by atoms with Crippen LogP contribution in [-0.2, 0) is 13.1 Å². The van der Waals surface area contributed by atoms with E-state index in [0.29, 0.717) is 24.9 Å². The molecule has 142 valence electrons. The number of aryl methyl sites for hydroxylation is 3. The van der Waals surface area contributed by atoms with Crippen LogP contribution < -0.4 is 15.4 Å². The Morgan fingerprint density at radius 1 is 1.23 bits per heavy atom. The molecule has 6 nitrogen and oxygen atoms in total. The van der Waals surface area contributed by atoms with Gasteiger partial charge in [-0.3, -0.25) is 4.99 Å². The SMILES string of the molecule is CCC(C)Oc1cc(C)ccc1CNC(=NC)NCc1nc(C)c(C)o1. The van der Waals surface area contributed by atoms with E-state index in [1.54, 1.807) is 7.05 Å². The number of guanidine groups is 1.